The van der Waals surface area contributed by atoms with Crippen molar-refractivity contribution in [3.63, 3.8) is 0 Å². The number of fused-ring (bicyclic) bond motifs is 1. The summed E-state index contributed by atoms with van der Waals surface area (Å²) < 4.78 is 0. The van der Waals surface area contributed by atoms with Gasteiger partial charge in [0.05, 0.1) is 17.7 Å². The summed E-state index contributed by atoms with van der Waals surface area (Å²) in [7, 11) is 0. The zero-order chi connectivity index (χ0) is 19.7. The number of aromatic nitrogens is 1. The van der Waals surface area contributed by atoms with E-state index in [1.54, 1.807) is 23.7 Å². The second kappa shape index (κ2) is 7.05. The second-order valence-electron chi connectivity index (χ2n) is 6.30. The number of amides is 3. The van der Waals surface area contributed by atoms with Crippen LogP contribution in [0.5, 0.6) is 0 Å². The van der Waals surface area contributed by atoms with E-state index in [0.29, 0.717) is 16.7 Å². The highest BCUT2D eigenvalue weighted by atomic mass is 16.5. The van der Waals surface area contributed by atoms with Gasteiger partial charge >= 0.3 is 0 Å². The molecule has 0 radical (unpaired) electrons. The third kappa shape index (κ3) is 2.93. The Morgan fingerprint density at radius 2 is 1.71 bits per heavy atom. The topological polar surface area (TPSA) is 99.6 Å². The van der Waals surface area contributed by atoms with Crippen molar-refractivity contribution in [2.75, 3.05) is 0 Å². The van der Waals surface area contributed by atoms with Crippen molar-refractivity contribution in [3.05, 3.63) is 89.2 Å². The smallest absolute Gasteiger partial charge is 0.275 e. The van der Waals surface area contributed by atoms with Crippen LogP contribution in [0.1, 0.15) is 36.6 Å². The third-order valence-electron chi connectivity index (χ3n) is 4.63. The Kier molecular flexibility index (Phi) is 4.42. The number of nitrogens with one attached hydrogen (secondary N) is 1. The van der Waals surface area contributed by atoms with Crippen molar-refractivity contribution >= 4 is 17.7 Å². The van der Waals surface area contributed by atoms with E-state index in [0.717, 1.165) is 10.5 Å². The van der Waals surface area contributed by atoms with Crippen molar-refractivity contribution in [1.82, 2.24) is 15.4 Å². The summed E-state index contributed by atoms with van der Waals surface area (Å²) in [6.07, 6.45) is 2.86. The van der Waals surface area contributed by atoms with Crippen LogP contribution in [-0.4, -0.2) is 32.8 Å². The first kappa shape index (κ1) is 17.6. The zero-order valence-corrected chi connectivity index (χ0v) is 14.6. The van der Waals surface area contributed by atoms with E-state index in [2.05, 4.69) is 4.98 Å². The summed E-state index contributed by atoms with van der Waals surface area (Å²) in [5.74, 6) is -1.41. The zero-order valence-electron chi connectivity index (χ0n) is 14.6. The molecule has 1 aromatic heterocycles. The Balaban J connectivity index is 1.71. The van der Waals surface area contributed by atoms with Crippen molar-refractivity contribution < 1.29 is 19.6 Å². The van der Waals surface area contributed by atoms with Gasteiger partial charge in [0, 0.05) is 18.0 Å². The summed E-state index contributed by atoms with van der Waals surface area (Å²) in [4.78, 5) is 42.2. The number of carbonyl (C=O) groups excluding carboxylic acids is 3. The van der Waals surface area contributed by atoms with Gasteiger partial charge in [-0.3, -0.25) is 29.5 Å². The van der Waals surface area contributed by atoms with E-state index in [1.807, 2.05) is 30.3 Å². The van der Waals surface area contributed by atoms with E-state index in [1.165, 1.54) is 18.5 Å². The molecule has 7 heteroatoms. The maximum atomic E-state index is 12.6. The molecule has 0 aliphatic carbocycles. The van der Waals surface area contributed by atoms with Crippen LogP contribution in [-0.2, 0) is 6.54 Å². The molecule has 2 N–H and O–H groups in total. The minimum atomic E-state index is -0.641. The fourth-order valence-corrected chi connectivity index (χ4v) is 3.27. The first-order valence-electron chi connectivity index (χ1n) is 8.53. The van der Waals surface area contributed by atoms with Gasteiger partial charge in [-0.25, -0.2) is 5.48 Å². The van der Waals surface area contributed by atoms with E-state index in [9.17, 15) is 14.4 Å². The highest BCUT2D eigenvalue weighted by molar-refractivity contribution is 6.21. The number of carbonyl (C=O) groups is 3. The molecule has 0 spiro atoms. The number of hydrogen-bond acceptors (Lipinski definition) is 5. The molecule has 7 nitrogen and oxygen atoms in total. The van der Waals surface area contributed by atoms with Gasteiger partial charge in [-0.05, 0) is 34.9 Å². The highest BCUT2D eigenvalue weighted by Gasteiger charge is 2.35. The first-order chi connectivity index (χ1) is 13.6. The lowest BCUT2D eigenvalue weighted by Crippen LogP contribution is -2.29. The molecule has 2 heterocycles. The predicted molar refractivity (Wildman–Crippen MR) is 99.6 cm³/mol. The molecule has 0 bridgehead atoms. The van der Waals surface area contributed by atoms with Gasteiger partial charge in [0.15, 0.2) is 0 Å². The van der Waals surface area contributed by atoms with Crippen LogP contribution in [0.2, 0.25) is 0 Å². The molecule has 3 amide bonds. The van der Waals surface area contributed by atoms with Crippen LogP contribution in [0.25, 0.3) is 11.1 Å². The lowest BCUT2D eigenvalue weighted by Gasteiger charge is -2.16. The van der Waals surface area contributed by atoms with Gasteiger partial charge in [-0.15, -0.1) is 0 Å². The second-order valence-corrected chi connectivity index (χ2v) is 6.30. The molecule has 0 unspecified atom stereocenters. The molecule has 2 aromatic carbocycles. The summed E-state index contributed by atoms with van der Waals surface area (Å²) >= 11 is 0. The number of imide groups is 1. The summed E-state index contributed by atoms with van der Waals surface area (Å²) in [5.41, 5.74) is 4.58. The number of nitrogens with zero attached hydrogens (tertiary/aromatic N) is 2. The van der Waals surface area contributed by atoms with Gasteiger partial charge in [0.1, 0.15) is 0 Å². The molecule has 4 rings (SSSR count). The molecule has 3 aromatic rings. The van der Waals surface area contributed by atoms with Gasteiger partial charge in [0.2, 0.25) is 0 Å². The van der Waals surface area contributed by atoms with Crippen LogP contribution in [0, 0.1) is 0 Å². The number of benzene rings is 2. The number of rotatable bonds is 4. The minimum Gasteiger partial charge on any atom is -0.288 e. The van der Waals surface area contributed by atoms with E-state index >= 15 is 0 Å². The van der Waals surface area contributed by atoms with Gasteiger partial charge in [-0.2, -0.15) is 0 Å². The van der Waals surface area contributed by atoms with E-state index in [4.69, 9.17) is 5.21 Å². The average molecular weight is 373 g/mol. The largest absolute Gasteiger partial charge is 0.288 e. The molecular formula is C21H15N3O4. The van der Waals surface area contributed by atoms with Crippen LogP contribution in [0.3, 0.4) is 0 Å². The van der Waals surface area contributed by atoms with Crippen molar-refractivity contribution in [2.24, 2.45) is 0 Å². The van der Waals surface area contributed by atoms with Crippen LogP contribution >= 0.6 is 0 Å². The molecule has 0 fully saturated rings. The summed E-state index contributed by atoms with van der Waals surface area (Å²) in [6, 6.07) is 15.7. The van der Waals surface area contributed by atoms with E-state index in [-0.39, 0.29) is 23.6 Å². The summed E-state index contributed by atoms with van der Waals surface area (Å²) in [6.45, 7) is 0.0627. The normalized spacial score (nSPS) is 12.8. The minimum absolute atomic E-state index is 0.0627. The quantitative estimate of drug-likeness (QED) is 0.416. The third-order valence-corrected chi connectivity index (χ3v) is 4.63. The molecule has 0 saturated carbocycles. The van der Waals surface area contributed by atoms with Gasteiger partial charge in [-0.1, -0.05) is 36.4 Å². The molecule has 1 aliphatic rings. The standard InChI is InChI=1S/C21H15N3O4/c25-19(23-28)15-7-6-13(10-17(15)14-4-2-1-3-5-14)12-24-20(26)16-8-9-22-11-18(16)21(24)27/h1-11,28H,12H2,(H,23,25). The van der Waals surface area contributed by atoms with Crippen LogP contribution in [0.15, 0.2) is 67.0 Å². The molecule has 28 heavy (non-hydrogen) atoms. The molecule has 138 valence electrons. The first-order valence-corrected chi connectivity index (χ1v) is 8.53. The van der Waals surface area contributed by atoms with Crippen LogP contribution < -0.4 is 5.48 Å². The lowest BCUT2D eigenvalue weighted by atomic mass is 9.96. The van der Waals surface area contributed by atoms with Gasteiger partial charge in [0.25, 0.3) is 17.7 Å². The van der Waals surface area contributed by atoms with Crippen molar-refractivity contribution in [1.29, 1.82) is 0 Å². The summed E-state index contributed by atoms with van der Waals surface area (Å²) in [5, 5.41) is 9.03. The highest BCUT2D eigenvalue weighted by Crippen LogP contribution is 2.28. The fraction of sp³-hybridized carbons (Fsp3) is 0.0476. The average Bonchev–Trinajstić information content (AvgIpc) is 2.99. The fourth-order valence-electron chi connectivity index (χ4n) is 3.27. The Hall–Kier alpha value is -3.84. The number of pyridine rings is 1. The lowest BCUT2D eigenvalue weighted by molar-refractivity contribution is 0.0640. The Morgan fingerprint density at radius 1 is 0.964 bits per heavy atom. The van der Waals surface area contributed by atoms with Crippen molar-refractivity contribution in [2.45, 2.75) is 6.54 Å². The molecule has 1 aliphatic heterocycles. The molecule has 0 saturated heterocycles. The maximum absolute atomic E-state index is 12.6. The monoisotopic (exact) mass is 373 g/mol. The number of hydroxylamine groups is 1. The van der Waals surface area contributed by atoms with E-state index < -0.39 is 11.8 Å². The molecular weight excluding hydrogens is 358 g/mol. The SMILES string of the molecule is O=C(NO)c1ccc(CN2C(=O)c3ccncc3C2=O)cc1-c1ccccc1. The van der Waals surface area contributed by atoms with Crippen molar-refractivity contribution in [3.8, 4) is 11.1 Å². The Labute approximate surface area is 160 Å². The maximum Gasteiger partial charge on any atom is 0.275 e. The predicted octanol–water partition coefficient (Wildman–Crippen LogP) is 2.66. The molecule has 0 atom stereocenters. The van der Waals surface area contributed by atoms with Crippen LogP contribution in [0.4, 0.5) is 0 Å². The van der Waals surface area contributed by atoms with Gasteiger partial charge < -0.3 is 0 Å². The Bertz CT molecular complexity index is 1060. The number of hydrogen-bond donors (Lipinski definition) is 2. The Morgan fingerprint density at radius 3 is 2.43 bits per heavy atom.